The molecule has 0 aliphatic rings. The summed E-state index contributed by atoms with van der Waals surface area (Å²) in [5.74, 6) is 0. The highest BCUT2D eigenvalue weighted by molar-refractivity contribution is 5.56. The zero-order valence-electron chi connectivity index (χ0n) is 5.77. The van der Waals surface area contributed by atoms with Gasteiger partial charge >= 0.3 is 0 Å². The van der Waals surface area contributed by atoms with Gasteiger partial charge in [0.15, 0.2) is 6.29 Å². The molecule has 0 saturated heterocycles. The van der Waals surface area contributed by atoms with Crippen LogP contribution in [0.1, 0.15) is 13.3 Å². The van der Waals surface area contributed by atoms with E-state index >= 15 is 0 Å². The SMILES string of the molecule is C[C@@H](O)C[C@H](O)[C@H](O)C=O. The van der Waals surface area contributed by atoms with Crippen LogP contribution in [0.4, 0.5) is 0 Å². The van der Waals surface area contributed by atoms with E-state index in [1.165, 1.54) is 6.92 Å². The van der Waals surface area contributed by atoms with Gasteiger partial charge in [-0.05, 0) is 6.92 Å². The number of carbonyl (C=O) groups is 1. The van der Waals surface area contributed by atoms with Crippen molar-refractivity contribution in [2.24, 2.45) is 0 Å². The molecule has 0 rings (SSSR count). The summed E-state index contributed by atoms with van der Waals surface area (Å²) < 4.78 is 0. The van der Waals surface area contributed by atoms with Crippen LogP contribution in [-0.4, -0.2) is 39.9 Å². The minimum atomic E-state index is -1.38. The second-order valence-corrected chi connectivity index (χ2v) is 2.28. The lowest BCUT2D eigenvalue weighted by Crippen LogP contribution is -2.30. The van der Waals surface area contributed by atoms with Crippen LogP contribution in [0.25, 0.3) is 0 Å². The van der Waals surface area contributed by atoms with E-state index in [0.717, 1.165) is 0 Å². The lowest BCUT2D eigenvalue weighted by atomic mass is 10.1. The number of aldehydes is 1. The highest BCUT2D eigenvalue weighted by Gasteiger charge is 2.16. The Bertz CT molecular complexity index is 102. The summed E-state index contributed by atoms with van der Waals surface area (Å²) in [6.07, 6.45) is -2.98. The van der Waals surface area contributed by atoms with E-state index in [1.807, 2.05) is 0 Å². The van der Waals surface area contributed by atoms with Crippen LogP contribution in [-0.2, 0) is 4.79 Å². The number of rotatable bonds is 4. The molecule has 0 aromatic rings. The van der Waals surface area contributed by atoms with Gasteiger partial charge in [-0.3, -0.25) is 0 Å². The second-order valence-electron chi connectivity index (χ2n) is 2.28. The Labute approximate surface area is 59.1 Å². The molecule has 3 atom stereocenters. The Kier molecular flexibility index (Phi) is 4.18. The first-order valence-corrected chi connectivity index (χ1v) is 3.07. The van der Waals surface area contributed by atoms with Crippen LogP contribution in [0.2, 0.25) is 0 Å². The number of aliphatic hydroxyl groups is 3. The van der Waals surface area contributed by atoms with E-state index < -0.39 is 18.3 Å². The molecule has 0 radical (unpaired) electrons. The monoisotopic (exact) mass is 148 g/mol. The van der Waals surface area contributed by atoms with E-state index in [2.05, 4.69) is 0 Å². The van der Waals surface area contributed by atoms with E-state index in [1.54, 1.807) is 0 Å². The van der Waals surface area contributed by atoms with Gasteiger partial charge in [0.2, 0.25) is 0 Å². The maximum atomic E-state index is 9.84. The first-order chi connectivity index (χ1) is 4.57. The van der Waals surface area contributed by atoms with Crippen molar-refractivity contribution in [3.05, 3.63) is 0 Å². The first kappa shape index (κ1) is 9.55. The third-order valence-corrected chi connectivity index (χ3v) is 1.12. The standard InChI is InChI=1S/C6H12O4/c1-4(8)2-5(9)6(10)3-7/h3-6,8-10H,2H2,1H3/t4-,5+,6-/m1/s1. The fourth-order valence-corrected chi connectivity index (χ4v) is 0.580. The molecule has 0 aliphatic heterocycles. The van der Waals surface area contributed by atoms with Crippen molar-refractivity contribution in [3.63, 3.8) is 0 Å². The Morgan fingerprint density at radius 3 is 2.20 bits per heavy atom. The molecule has 0 saturated carbocycles. The molecular formula is C6H12O4. The van der Waals surface area contributed by atoms with E-state index in [9.17, 15) is 4.79 Å². The van der Waals surface area contributed by atoms with Gasteiger partial charge in [0, 0.05) is 6.42 Å². The Balaban J connectivity index is 3.60. The van der Waals surface area contributed by atoms with Gasteiger partial charge in [-0.15, -0.1) is 0 Å². The number of aliphatic hydroxyl groups excluding tert-OH is 3. The molecule has 0 unspecified atom stereocenters. The van der Waals surface area contributed by atoms with Crippen molar-refractivity contribution < 1.29 is 20.1 Å². The molecule has 0 heterocycles. The largest absolute Gasteiger partial charge is 0.393 e. The van der Waals surface area contributed by atoms with Gasteiger partial charge in [-0.2, -0.15) is 0 Å². The third kappa shape index (κ3) is 3.55. The zero-order chi connectivity index (χ0) is 8.15. The molecule has 10 heavy (non-hydrogen) atoms. The zero-order valence-corrected chi connectivity index (χ0v) is 5.77. The third-order valence-electron chi connectivity index (χ3n) is 1.12. The van der Waals surface area contributed by atoms with Crippen molar-refractivity contribution >= 4 is 6.29 Å². The molecule has 0 aliphatic carbocycles. The van der Waals surface area contributed by atoms with Crippen LogP contribution < -0.4 is 0 Å². The molecule has 60 valence electrons. The van der Waals surface area contributed by atoms with Crippen LogP contribution in [0.3, 0.4) is 0 Å². The smallest absolute Gasteiger partial charge is 0.151 e. The summed E-state index contributed by atoms with van der Waals surface area (Å²) in [4.78, 5) is 9.84. The minimum absolute atomic E-state index is 0.0138. The fraction of sp³-hybridized carbons (Fsp3) is 0.833. The highest BCUT2D eigenvalue weighted by Crippen LogP contribution is 2.00. The second kappa shape index (κ2) is 4.38. The average molecular weight is 148 g/mol. The maximum Gasteiger partial charge on any atom is 0.151 e. The van der Waals surface area contributed by atoms with Crippen molar-refractivity contribution in [2.45, 2.75) is 31.7 Å². The summed E-state index contributed by atoms with van der Waals surface area (Å²) in [5.41, 5.74) is 0. The topological polar surface area (TPSA) is 77.8 Å². The number of hydrogen-bond donors (Lipinski definition) is 3. The Hall–Kier alpha value is -0.450. The first-order valence-electron chi connectivity index (χ1n) is 3.07. The summed E-state index contributed by atoms with van der Waals surface area (Å²) >= 11 is 0. The fourth-order valence-electron chi connectivity index (χ4n) is 0.580. The van der Waals surface area contributed by atoms with Crippen LogP contribution in [0.5, 0.6) is 0 Å². The number of carbonyl (C=O) groups excluding carboxylic acids is 1. The van der Waals surface area contributed by atoms with E-state index in [4.69, 9.17) is 15.3 Å². The van der Waals surface area contributed by atoms with Crippen LogP contribution >= 0.6 is 0 Å². The van der Waals surface area contributed by atoms with Crippen molar-refractivity contribution in [1.82, 2.24) is 0 Å². The number of hydrogen-bond acceptors (Lipinski definition) is 4. The molecule has 0 aromatic carbocycles. The van der Waals surface area contributed by atoms with Gasteiger partial charge in [0.1, 0.15) is 6.10 Å². The van der Waals surface area contributed by atoms with Crippen molar-refractivity contribution in [2.75, 3.05) is 0 Å². The Morgan fingerprint density at radius 2 is 1.90 bits per heavy atom. The van der Waals surface area contributed by atoms with Gasteiger partial charge in [-0.1, -0.05) is 0 Å². The van der Waals surface area contributed by atoms with Crippen LogP contribution in [0, 0.1) is 0 Å². The molecule has 3 N–H and O–H groups in total. The molecular weight excluding hydrogens is 136 g/mol. The normalized spacial score (nSPS) is 19.6. The van der Waals surface area contributed by atoms with E-state index in [-0.39, 0.29) is 12.7 Å². The van der Waals surface area contributed by atoms with Crippen LogP contribution in [0.15, 0.2) is 0 Å². The summed E-state index contributed by atoms with van der Waals surface area (Å²) in [6, 6.07) is 0. The molecule has 0 bridgehead atoms. The summed E-state index contributed by atoms with van der Waals surface area (Å²) in [7, 11) is 0. The molecule has 0 amide bonds. The molecule has 0 fully saturated rings. The molecule has 0 spiro atoms. The quantitative estimate of drug-likeness (QED) is 0.432. The van der Waals surface area contributed by atoms with Gasteiger partial charge in [-0.25, -0.2) is 0 Å². The molecule has 4 nitrogen and oxygen atoms in total. The predicted octanol–water partition coefficient (Wildman–Crippen LogP) is -1.32. The summed E-state index contributed by atoms with van der Waals surface area (Å²) in [5, 5.41) is 26.2. The summed E-state index contributed by atoms with van der Waals surface area (Å²) in [6.45, 7) is 1.47. The van der Waals surface area contributed by atoms with Gasteiger partial charge in [0.05, 0.1) is 12.2 Å². The lowest BCUT2D eigenvalue weighted by molar-refractivity contribution is -0.121. The van der Waals surface area contributed by atoms with Crippen molar-refractivity contribution in [3.8, 4) is 0 Å². The maximum absolute atomic E-state index is 9.84. The highest BCUT2D eigenvalue weighted by atomic mass is 16.3. The average Bonchev–Trinajstić information content (AvgIpc) is 1.85. The Morgan fingerprint density at radius 1 is 1.40 bits per heavy atom. The van der Waals surface area contributed by atoms with Gasteiger partial charge in [0.25, 0.3) is 0 Å². The minimum Gasteiger partial charge on any atom is -0.393 e. The predicted molar refractivity (Wildman–Crippen MR) is 34.4 cm³/mol. The van der Waals surface area contributed by atoms with Crippen molar-refractivity contribution in [1.29, 1.82) is 0 Å². The van der Waals surface area contributed by atoms with Gasteiger partial charge < -0.3 is 20.1 Å². The molecule has 4 heteroatoms. The molecule has 0 aromatic heterocycles. The van der Waals surface area contributed by atoms with E-state index in [0.29, 0.717) is 0 Å². The lowest BCUT2D eigenvalue weighted by Gasteiger charge is -2.13.